The first-order chi connectivity index (χ1) is 10.5. The quantitative estimate of drug-likeness (QED) is 0.889. The molecule has 2 aromatic rings. The molecule has 22 heavy (non-hydrogen) atoms. The van der Waals surface area contributed by atoms with Crippen molar-refractivity contribution in [3.63, 3.8) is 0 Å². The van der Waals surface area contributed by atoms with E-state index in [4.69, 9.17) is 0 Å². The number of carbonyl (C=O) groups is 2. The van der Waals surface area contributed by atoms with Crippen LogP contribution in [0.3, 0.4) is 0 Å². The zero-order valence-corrected chi connectivity index (χ0v) is 12.9. The molecule has 1 heterocycles. The van der Waals surface area contributed by atoms with E-state index in [1.165, 1.54) is 0 Å². The summed E-state index contributed by atoms with van der Waals surface area (Å²) in [5.74, 6) is -1.26. The molecule has 1 aliphatic carbocycles. The molecular weight excluding hydrogens is 300 g/mol. The Bertz CT molecular complexity index is 722. The molecule has 6 heteroatoms. The lowest BCUT2D eigenvalue weighted by atomic mass is 10.1. The average molecular weight is 316 g/mol. The summed E-state index contributed by atoms with van der Waals surface area (Å²) in [5.41, 5.74) is 2.14. The number of hydrogen-bond donors (Lipinski definition) is 2. The molecule has 0 bridgehead atoms. The number of rotatable bonds is 5. The molecule has 1 aromatic carbocycles. The Kier molecular flexibility index (Phi) is 3.94. The molecule has 114 valence electrons. The molecule has 1 fully saturated rings. The fourth-order valence-electron chi connectivity index (χ4n) is 2.35. The van der Waals surface area contributed by atoms with Crippen molar-refractivity contribution in [2.75, 3.05) is 0 Å². The third-order valence-electron chi connectivity index (χ3n) is 3.69. The van der Waals surface area contributed by atoms with Gasteiger partial charge in [0.2, 0.25) is 0 Å². The van der Waals surface area contributed by atoms with Crippen molar-refractivity contribution >= 4 is 23.2 Å². The first kappa shape index (κ1) is 14.7. The largest absolute Gasteiger partial charge is 0.480 e. The van der Waals surface area contributed by atoms with Crippen LogP contribution in [0.5, 0.6) is 0 Å². The molecule has 1 aromatic heterocycles. The van der Waals surface area contributed by atoms with E-state index >= 15 is 0 Å². The fraction of sp³-hybridized carbons (Fsp3) is 0.312. The Balaban J connectivity index is 1.79. The Hall–Kier alpha value is -2.21. The summed E-state index contributed by atoms with van der Waals surface area (Å²) in [6.07, 6.45) is 1.71. The van der Waals surface area contributed by atoms with Gasteiger partial charge < -0.3 is 10.4 Å². The van der Waals surface area contributed by atoms with Crippen molar-refractivity contribution < 1.29 is 14.7 Å². The molecule has 5 nitrogen and oxygen atoms in total. The average Bonchev–Trinajstić information content (AvgIpc) is 3.25. The van der Waals surface area contributed by atoms with Gasteiger partial charge in [0, 0.05) is 16.5 Å². The Morgan fingerprint density at radius 2 is 2.18 bits per heavy atom. The maximum atomic E-state index is 12.3. The number of aromatic nitrogens is 1. The normalized spacial score (nSPS) is 15.3. The lowest BCUT2D eigenvalue weighted by molar-refractivity contribution is -0.139. The molecule has 1 amide bonds. The van der Waals surface area contributed by atoms with Gasteiger partial charge >= 0.3 is 5.97 Å². The summed E-state index contributed by atoms with van der Waals surface area (Å²) in [5, 5.41) is 14.7. The number of nitrogens with zero attached hydrogens (tertiary/aromatic N) is 1. The predicted octanol–water partition coefficient (Wildman–Crippen LogP) is 2.71. The molecule has 2 N–H and O–H groups in total. The van der Waals surface area contributed by atoms with Crippen LogP contribution in [0.4, 0.5) is 0 Å². The maximum absolute atomic E-state index is 12.3. The van der Waals surface area contributed by atoms with E-state index < -0.39 is 12.0 Å². The van der Waals surface area contributed by atoms with Gasteiger partial charge in [0.25, 0.3) is 5.91 Å². The number of carboxylic acid groups (broad SMARTS) is 1. The van der Waals surface area contributed by atoms with Crippen molar-refractivity contribution in [2.45, 2.75) is 25.8 Å². The Morgan fingerprint density at radius 3 is 2.77 bits per heavy atom. The van der Waals surface area contributed by atoms with Gasteiger partial charge in [0.15, 0.2) is 0 Å². The van der Waals surface area contributed by atoms with Crippen molar-refractivity contribution in [2.24, 2.45) is 5.92 Å². The lowest BCUT2D eigenvalue weighted by Crippen LogP contribution is -2.42. The summed E-state index contributed by atoms with van der Waals surface area (Å²) in [6.45, 7) is 1.93. The second kappa shape index (κ2) is 5.88. The van der Waals surface area contributed by atoms with E-state index in [-0.39, 0.29) is 11.8 Å². The van der Waals surface area contributed by atoms with Gasteiger partial charge in [-0.05, 0) is 37.8 Å². The van der Waals surface area contributed by atoms with Crippen LogP contribution in [-0.2, 0) is 4.79 Å². The molecule has 1 aliphatic rings. The van der Waals surface area contributed by atoms with E-state index in [2.05, 4.69) is 10.3 Å². The van der Waals surface area contributed by atoms with Crippen molar-refractivity contribution in [1.82, 2.24) is 10.3 Å². The highest BCUT2D eigenvalue weighted by Gasteiger charge is 2.37. The minimum Gasteiger partial charge on any atom is -0.480 e. The molecule has 0 spiro atoms. The van der Waals surface area contributed by atoms with Crippen LogP contribution < -0.4 is 5.32 Å². The van der Waals surface area contributed by atoms with E-state index in [0.717, 1.165) is 29.1 Å². The number of nitrogens with one attached hydrogen (secondary N) is 1. The topological polar surface area (TPSA) is 79.3 Å². The molecule has 0 aliphatic heterocycles. The van der Waals surface area contributed by atoms with Crippen LogP contribution in [0, 0.1) is 12.8 Å². The number of benzene rings is 1. The summed E-state index contributed by atoms with van der Waals surface area (Å²) in [6, 6.07) is 6.31. The molecule has 3 rings (SSSR count). The zero-order valence-electron chi connectivity index (χ0n) is 12.1. The summed E-state index contributed by atoms with van der Waals surface area (Å²) in [7, 11) is 0. The van der Waals surface area contributed by atoms with Crippen LogP contribution in [0.2, 0.25) is 0 Å². The van der Waals surface area contributed by atoms with Gasteiger partial charge in [0.05, 0.1) is 10.7 Å². The van der Waals surface area contributed by atoms with E-state index in [9.17, 15) is 14.7 Å². The molecule has 0 radical (unpaired) electrons. The van der Waals surface area contributed by atoms with Gasteiger partial charge in [0.1, 0.15) is 6.04 Å². The van der Waals surface area contributed by atoms with Crippen molar-refractivity contribution in [3.8, 4) is 11.3 Å². The zero-order chi connectivity index (χ0) is 15.7. The van der Waals surface area contributed by atoms with E-state index in [0.29, 0.717) is 5.56 Å². The second-order valence-electron chi connectivity index (χ2n) is 5.46. The summed E-state index contributed by atoms with van der Waals surface area (Å²) in [4.78, 5) is 27.9. The molecule has 1 unspecified atom stereocenters. The SMILES string of the molecule is Cc1nc(-c2cccc(C(=O)NC(C(=O)O)C3CC3)c2)cs1. The second-order valence-corrected chi connectivity index (χ2v) is 6.52. The van der Waals surface area contributed by atoms with Crippen molar-refractivity contribution in [3.05, 3.63) is 40.2 Å². The maximum Gasteiger partial charge on any atom is 0.326 e. The Labute approximate surface area is 132 Å². The van der Waals surface area contributed by atoms with Crippen LogP contribution in [0.1, 0.15) is 28.2 Å². The number of aryl methyl sites for hydroxylation is 1. The van der Waals surface area contributed by atoms with Gasteiger partial charge in [-0.3, -0.25) is 4.79 Å². The van der Waals surface area contributed by atoms with Gasteiger partial charge in [-0.15, -0.1) is 11.3 Å². The van der Waals surface area contributed by atoms with Crippen LogP contribution in [0.25, 0.3) is 11.3 Å². The monoisotopic (exact) mass is 316 g/mol. The van der Waals surface area contributed by atoms with Crippen LogP contribution in [-0.4, -0.2) is 28.0 Å². The summed E-state index contributed by atoms with van der Waals surface area (Å²) < 4.78 is 0. The number of thiazole rings is 1. The smallest absolute Gasteiger partial charge is 0.326 e. The fourth-order valence-corrected chi connectivity index (χ4v) is 2.97. The van der Waals surface area contributed by atoms with Gasteiger partial charge in [-0.1, -0.05) is 12.1 Å². The van der Waals surface area contributed by atoms with E-state index in [1.54, 1.807) is 29.5 Å². The molecule has 1 saturated carbocycles. The first-order valence-electron chi connectivity index (χ1n) is 7.11. The number of carbonyl (C=O) groups excluding carboxylic acids is 1. The number of hydrogen-bond acceptors (Lipinski definition) is 4. The third-order valence-corrected chi connectivity index (χ3v) is 4.46. The molecule has 1 atom stereocenters. The highest BCUT2D eigenvalue weighted by Crippen LogP contribution is 2.33. The third kappa shape index (κ3) is 3.17. The van der Waals surface area contributed by atoms with Gasteiger partial charge in [-0.2, -0.15) is 0 Å². The highest BCUT2D eigenvalue weighted by molar-refractivity contribution is 7.09. The standard InChI is InChI=1S/C16H16N2O3S/c1-9-17-13(8-22-9)11-3-2-4-12(7-11)15(19)18-14(16(20)21)10-5-6-10/h2-4,7-8,10,14H,5-6H2,1H3,(H,18,19)(H,20,21). The van der Waals surface area contributed by atoms with Crippen LogP contribution in [0.15, 0.2) is 29.6 Å². The number of carboxylic acids is 1. The summed E-state index contributed by atoms with van der Waals surface area (Å²) >= 11 is 1.55. The van der Waals surface area contributed by atoms with Crippen LogP contribution >= 0.6 is 11.3 Å². The predicted molar refractivity (Wildman–Crippen MR) is 83.9 cm³/mol. The lowest BCUT2D eigenvalue weighted by Gasteiger charge is -2.13. The van der Waals surface area contributed by atoms with E-state index in [1.807, 2.05) is 18.4 Å². The van der Waals surface area contributed by atoms with Crippen molar-refractivity contribution in [1.29, 1.82) is 0 Å². The Morgan fingerprint density at radius 1 is 1.41 bits per heavy atom. The number of amides is 1. The minimum atomic E-state index is -0.970. The molecular formula is C16H16N2O3S. The number of aliphatic carboxylic acids is 1. The highest BCUT2D eigenvalue weighted by atomic mass is 32.1. The molecule has 0 saturated heterocycles. The van der Waals surface area contributed by atoms with Gasteiger partial charge in [-0.25, -0.2) is 9.78 Å². The first-order valence-corrected chi connectivity index (χ1v) is 7.99. The minimum absolute atomic E-state index is 0.0609.